The number of rotatable bonds is 8. The Morgan fingerprint density at radius 1 is 1.12 bits per heavy atom. The molecule has 5 fully saturated rings. The zero-order valence-electron chi connectivity index (χ0n) is 25.2. The number of carboxylic acids is 1. The van der Waals surface area contributed by atoms with Crippen molar-refractivity contribution < 1.29 is 38.5 Å². The van der Waals surface area contributed by atoms with Crippen LogP contribution in [0.25, 0.3) is 0 Å². The van der Waals surface area contributed by atoms with E-state index in [1.54, 1.807) is 32.6 Å². The van der Waals surface area contributed by atoms with Crippen molar-refractivity contribution in [1.29, 1.82) is 0 Å². The Hall–Kier alpha value is -2.66. The molecule has 0 radical (unpaired) electrons. The molecule has 0 aromatic carbocycles. The Morgan fingerprint density at radius 2 is 1.73 bits per heavy atom. The van der Waals surface area contributed by atoms with Crippen LogP contribution < -0.4 is 5.32 Å². The molecule has 0 aromatic rings. The third-order valence-corrected chi connectivity index (χ3v) is 9.57. The number of hydrogen-bond donors (Lipinski definition) is 2. The fourth-order valence-electron chi connectivity index (χ4n) is 6.84. The van der Waals surface area contributed by atoms with Gasteiger partial charge in [-0.05, 0) is 53.4 Å². The maximum atomic E-state index is 13.7. The van der Waals surface area contributed by atoms with Crippen LogP contribution in [-0.4, -0.2) is 102 Å². The normalized spacial score (nSPS) is 30.7. The molecule has 2 bridgehead atoms. The Morgan fingerprint density at radius 3 is 2.24 bits per heavy atom. The first kappa shape index (κ1) is 29.8. The van der Waals surface area contributed by atoms with Gasteiger partial charge in [0.1, 0.15) is 5.60 Å². The van der Waals surface area contributed by atoms with E-state index in [9.17, 15) is 24.3 Å². The van der Waals surface area contributed by atoms with Gasteiger partial charge in [0.2, 0.25) is 11.8 Å². The van der Waals surface area contributed by atoms with Gasteiger partial charge >= 0.3 is 12.1 Å². The Bertz CT molecular complexity index is 1110. The molecular weight excluding hydrogens is 530 g/mol. The van der Waals surface area contributed by atoms with Gasteiger partial charge in [0.25, 0.3) is 0 Å². The topological polar surface area (TPSA) is 135 Å². The van der Waals surface area contributed by atoms with Crippen LogP contribution in [0.3, 0.4) is 0 Å². The van der Waals surface area contributed by atoms with Gasteiger partial charge in [-0.3, -0.25) is 9.59 Å². The number of nitrogens with zero attached hydrogens (tertiary/aromatic N) is 2. The molecule has 3 atom stereocenters. The molecule has 1 spiro atoms. The molecule has 6 rings (SSSR count). The molecule has 0 aromatic heterocycles. The van der Waals surface area contributed by atoms with Crippen LogP contribution in [0.4, 0.5) is 4.79 Å². The fourth-order valence-corrected chi connectivity index (χ4v) is 6.84. The van der Waals surface area contributed by atoms with E-state index in [-0.39, 0.29) is 29.8 Å². The van der Waals surface area contributed by atoms with Crippen LogP contribution in [0.15, 0.2) is 11.6 Å². The number of amides is 3. The molecule has 4 heterocycles. The standard InChI is InChI=1S/C30H45N3O8/c1-18(39-16-29-9-7-19(8-10-29)40-17-29)22(25(36)37)31-23(34)21-12-32(26(38)41-27(2,3)4)13-30(21)14-33(15-30)24(35)20-11-28(20,5)6/h11,18-19,21-22H,7-10,12-17H2,1-6H3,(H,31,34)(H,36,37)/t18-,19?,21+,22+,29?/m1/s1. The summed E-state index contributed by atoms with van der Waals surface area (Å²) >= 11 is 0. The second kappa shape index (κ2) is 10.3. The smallest absolute Gasteiger partial charge is 0.410 e. The molecule has 11 heteroatoms. The summed E-state index contributed by atoms with van der Waals surface area (Å²) < 4.78 is 17.5. The summed E-state index contributed by atoms with van der Waals surface area (Å²) in [5.74, 6) is -2.40. The van der Waals surface area contributed by atoms with Crippen molar-refractivity contribution in [3.8, 4) is 0 Å². The number of fused-ring (bicyclic) bond motifs is 3. The average Bonchev–Trinajstić information content (AvgIpc) is 3.33. The van der Waals surface area contributed by atoms with E-state index < -0.39 is 47.0 Å². The summed E-state index contributed by atoms with van der Waals surface area (Å²) in [5.41, 5.74) is -0.960. The monoisotopic (exact) mass is 575 g/mol. The van der Waals surface area contributed by atoms with Crippen LogP contribution in [-0.2, 0) is 28.6 Å². The van der Waals surface area contributed by atoms with E-state index in [4.69, 9.17) is 14.2 Å². The number of carbonyl (C=O) groups is 4. The Labute approximate surface area is 241 Å². The lowest BCUT2D eigenvalue weighted by molar-refractivity contribution is -0.161. The lowest BCUT2D eigenvalue weighted by Gasteiger charge is -2.50. The number of nitrogens with one attached hydrogen (secondary N) is 1. The molecule has 2 aliphatic carbocycles. The minimum atomic E-state index is -1.26. The number of carbonyl (C=O) groups excluding carboxylic acids is 3. The highest BCUT2D eigenvalue weighted by Gasteiger charge is 2.60. The minimum Gasteiger partial charge on any atom is -0.480 e. The number of aliphatic carboxylic acids is 1. The summed E-state index contributed by atoms with van der Waals surface area (Å²) in [4.78, 5) is 55.2. The third-order valence-electron chi connectivity index (χ3n) is 9.57. The highest BCUT2D eigenvalue weighted by molar-refractivity contribution is 6.00. The molecule has 0 unspecified atom stereocenters. The quantitative estimate of drug-likeness (QED) is 0.451. The van der Waals surface area contributed by atoms with Crippen molar-refractivity contribution in [3.05, 3.63) is 11.6 Å². The zero-order valence-corrected chi connectivity index (χ0v) is 25.2. The molecule has 6 aliphatic rings. The lowest BCUT2D eigenvalue weighted by Crippen LogP contribution is -2.65. The van der Waals surface area contributed by atoms with E-state index in [1.807, 2.05) is 19.9 Å². The van der Waals surface area contributed by atoms with Crippen molar-refractivity contribution >= 4 is 23.9 Å². The molecule has 4 saturated heterocycles. The minimum absolute atomic E-state index is 0.0546. The maximum Gasteiger partial charge on any atom is 0.410 e. The van der Waals surface area contributed by atoms with Crippen LogP contribution in [0.5, 0.6) is 0 Å². The van der Waals surface area contributed by atoms with Gasteiger partial charge in [-0.2, -0.15) is 0 Å². The van der Waals surface area contributed by atoms with Gasteiger partial charge in [-0.1, -0.05) is 19.9 Å². The summed E-state index contributed by atoms with van der Waals surface area (Å²) in [6.07, 6.45) is 4.91. The highest BCUT2D eigenvalue weighted by Crippen LogP contribution is 2.49. The van der Waals surface area contributed by atoms with Gasteiger partial charge in [0, 0.05) is 48.0 Å². The summed E-state index contributed by atoms with van der Waals surface area (Å²) in [6.45, 7) is 12.9. The highest BCUT2D eigenvalue weighted by atomic mass is 16.6. The van der Waals surface area contributed by atoms with Crippen molar-refractivity contribution in [2.75, 3.05) is 39.4 Å². The van der Waals surface area contributed by atoms with Crippen LogP contribution in [0, 0.1) is 22.2 Å². The molecule has 41 heavy (non-hydrogen) atoms. The second-order valence-corrected chi connectivity index (χ2v) is 14.6. The van der Waals surface area contributed by atoms with Crippen molar-refractivity contribution in [1.82, 2.24) is 15.1 Å². The fraction of sp³-hybridized carbons (Fsp3) is 0.800. The van der Waals surface area contributed by atoms with E-state index in [1.165, 1.54) is 4.90 Å². The third kappa shape index (κ3) is 5.98. The van der Waals surface area contributed by atoms with E-state index in [0.717, 1.165) is 31.3 Å². The molecule has 2 N–H and O–H groups in total. The number of allylic oxidation sites excluding steroid dienone is 1. The van der Waals surface area contributed by atoms with Crippen LogP contribution >= 0.6 is 0 Å². The number of ether oxygens (including phenoxy) is 3. The molecule has 4 aliphatic heterocycles. The molecule has 11 nitrogen and oxygen atoms in total. The van der Waals surface area contributed by atoms with Crippen molar-refractivity contribution in [3.63, 3.8) is 0 Å². The first-order chi connectivity index (χ1) is 19.0. The number of likely N-dealkylation sites (tertiary alicyclic amines) is 2. The number of carboxylic acid groups (broad SMARTS) is 1. The number of hydrogen-bond acceptors (Lipinski definition) is 7. The SMILES string of the molecule is C[C@@H](OCC12CCC(CC1)OC2)[C@H](NC(=O)[C@@H]1CN(C(=O)OC(C)(C)C)CC12CN(C(=O)C1=CC1(C)C)C2)C(=O)O. The first-order valence-electron chi connectivity index (χ1n) is 14.8. The molecular formula is C30H45N3O8. The van der Waals surface area contributed by atoms with E-state index in [2.05, 4.69) is 5.32 Å². The summed E-state index contributed by atoms with van der Waals surface area (Å²) in [6, 6.07) is -1.26. The average molecular weight is 576 g/mol. The largest absolute Gasteiger partial charge is 0.480 e. The molecule has 3 amide bonds. The van der Waals surface area contributed by atoms with E-state index >= 15 is 0 Å². The van der Waals surface area contributed by atoms with Crippen molar-refractivity contribution in [2.24, 2.45) is 22.2 Å². The lowest BCUT2D eigenvalue weighted by atomic mass is 9.70. The predicted octanol–water partition coefficient (Wildman–Crippen LogP) is 2.58. The maximum absolute atomic E-state index is 13.7. The van der Waals surface area contributed by atoms with Crippen LogP contribution in [0.1, 0.15) is 67.2 Å². The second-order valence-electron chi connectivity index (χ2n) is 14.6. The van der Waals surface area contributed by atoms with Gasteiger partial charge in [-0.25, -0.2) is 9.59 Å². The molecule has 1 saturated carbocycles. The van der Waals surface area contributed by atoms with Gasteiger partial charge < -0.3 is 34.4 Å². The van der Waals surface area contributed by atoms with Gasteiger partial charge in [-0.15, -0.1) is 0 Å². The predicted molar refractivity (Wildman–Crippen MR) is 148 cm³/mol. The van der Waals surface area contributed by atoms with E-state index in [0.29, 0.717) is 32.4 Å². The first-order valence-corrected chi connectivity index (χ1v) is 14.8. The zero-order chi connectivity index (χ0) is 30.0. The van der Waals surface area contributed by atoms with Crippen LogP contribution in [0.2, 0.25) is 0 Å². The Kier molecular flexibility index (Phi) is 7.46. The summed E-state index contributed by atoms with van der Waals surface area (Å²) in [5, 5.41) is 12.8. The molecule has 228 valence electrons. The van der Waals surface area contributed by atoms with Gasteiger partial charge in [0.15, 0.2) is 6.04 Å². The Balaban J connectivity index is 1.26. The van der Waals surface area contributed by atoms with Crippen molar-refractivity contribution in [2.45, 2.75) is 91.1 Å². The summed E-state index contributed by atoms with van der Waals surface area (Å²) in [7, 11) is 0. The van der Waals surface area contributed by atoms with Gasteiger partial charge in [0.05, 0.1) is 31.3 Å².